The van der Waals surface area contributed by atoms with Crippen LogP contribution >= 0.6 is 0 Å². The number of aryl methyl sites for hydroxylation is 2. The first-order valence-corrected chi connectivity index (χ1v) is 4.13. The lowest BCUT2D eigenvalue weighted by molar-refractivity contribution is -0.683. The van der Waals surface area contributed by atoms with Crippen LogP contribution in [0.25, 0.3) is 5.52 Å². The van der Waals surface area contributed by atoms with Crippen molar-refractivity contribution in [1.82, 2.24) is 4.40 Å². The lowest BCUT2D eigenvalue weighted by Gasteiger charge is -2.00. The predicted octanol–water partition coefficient (Wildman–Crippen LogP) is 1.38. The van der Waals surface area contributed by atoms with Gasteiger partial charge in [-0.2, -0.15) is 4.57 Å². The molecule has 12 heavy (non-hydrogen) atoms. The summed E-state index contributed by atoms with van der Waals surface area (Å²) in [7, 11) is 2.09. The van der Waals surface area contributed by atoms with Crippen molar-refractivity contribution in [2.75, 3.05) is 0 Å². The Hall–Kier alpha value is -1.31. The quantitative estimate of drug-likeness (QED) is 0.516. The molecule has 0 aromatic carbocycles. The van der Waals surface area contributed by atoms with Crippen LogP contribution in [-0.2, 0) is 7.05 Å². The van der Waals surface area contributed by atoms with Crippen molar-refractivity contribution in [2.24, 2.45) is 7.05 Å². The van der Waals surface area contributed by atoms with Gasteiger partial charge in [-0.15, -0.1) is 0 Å². The molecule has 0 atom stereocenters. The predicted molar refractivity (Wildman–Crippen MR) is 48.0 cm³/mol. The Labute approximate surface area is 72.1 Å². The maximum atomic E-state index is 2.20. The smallest absolute Gasteiger partial charge is 0.202 e. The van der Waals surface area contributed by atoms with Crippen molar-refractivity contribution in [1.29, 1.82) is 0 Å². The van der Waals surface area contributed by atoms with E-state index >= 15 is 0 Å². The largest absolute Gasteiger partial charge is 0.312 e. The average Bonchev–Trinajstić information content (AvgIpc) is 2.48. The summed E-state index contributed by atoms with van der Waals surface area (Å²) in [6.45, 7) is 4.26. The molecule has 0 spiro atoms. The molecule has 0 aliphatic heterocycles. The summed E-state index contributed by atoms with van der Waals surface area (Å²) in [6, 6.07) is 4.20. The fraction of sp³-hybridized carbons (Fsp3) is 0.300. The number of rotatable bonds is 0. The lowest BCUT2D eigenvalue weighted by Crippen LogP contribution is -2.36. The first-order chi connectivity index (χ1) is 5.70. The van der Waals surface area contributed by atoms with Crippen LogP contribution in [0.1, 0.15) is 11.4 Å². The third kappa shape index (κ3) is 0.843. The van der Waals surface area contributed by atoms with Gasteiger partial charge in [-0.1, -0.05) is 0 Å². The van der Waals surface area contributed by atoms with Gasteiger partial charge in [0.15, 0.2) is 5.69 Å². The Morgan fingerprint density at radius 2 is 2.08 bits per heavy atom. The van der Waals surface area contributed by atoms with Crippen molar-refractivity contribution in [3.63, 3.8) is 0 Å². The third-order valence-corrected chi connectivity index (χ3v) is 2.51. The summed E-state index contributed by atoms with van der Waals surface area (Å²) in [5, 5.41) is 0. The molecular formula is C10H13N2+. The number of nitrogens with zero attached hydrogens (tertiary/aromatic N) is 2. The zero-order chi connectivity index (χ0) is 8.72. The van der Waals surface area contributed by atoms with E-state index in [-0.39, 0.29) is 0 Å². The number of hydrogen-bond donors (Lipinski definition) is 0. The van der Waals surface area contributed by atoms with Crippen LogP contribution in [0.4, 0.5) is 0 Å². The van der Waals surface area contributed by atoms with E-state index in [1.807, 2.05) is 0 Å². The molecule has 2 aromatic heterocycles. The highest BCUT2D eigenvalue weighted by molar-refractivity contribution is 5.49. The molecule has 2 aromatic rings. The second-order valence-corrected chi connectivity index (χ2v) is 3.22. The van der Waals surface area contributed by atoms with E-state index in [0.717, 1.165) is 0 Å². The Bertz CT molecular complexity index is 427. The Balaban J connectivity index is 2.94. The van der Waals surface area contributed by atoms with E-state index in [9.17, 15) is 0 Å². The number of fused-ring (bicyclic) bond motifs is 1. The van der Waals surface area contributed by atoms with Crippen LogP contribution in [0.5, 0.6) is 0 Å². The normalized spacial score (nSPS) is 10.9. The molecule has 0 aliphatic rings. The van der Waals surface area contributed by atoms with E-state index in [4.69, 9.17) is 0 Å². The molecule has 0 unspecified atom stereocenters. The van der Waals surface area contributed by atoms with Crippen LogP contribution < -0.4 is 4.57 Å². The molecule has 2 rings (SSSR count). The van der Waals surface area contributed by atoms with Crippen LogP contribution in [0.2, 0.25) is 0 Å². The van der Waals surface area contributed by atoms with Crippen molar-refractivity contribution >= 4 is 5.52 Å². The molecule has 2 nitrogen and oxygen atoms in total. The molecule has 2 heterocycles. The van der Waals surface area contributed by atoms with Crippen molar-refractivity contribution in [3.05, 3.63) is 35.9 Å². The standard InChI is InChI=1S/C10H13N2/c1-8-7-12-6-4-5-10(12)9(2)11(8)3/h4-7H,1-3H3/q+1. The molecule has 0 radical (unpaired) electrons. The Kier molecular flexibility index (Phi) is 1.43. The molecule has 0 N–H and O–H groups in total. The van der Waals surface area contributed by atoms with Gasteiger partial charge in [0.2, 0.25) is 5.69 Å². The topological polar surface area (TPSA) is 8.29 Å². The summed E-state index contributed by atoms with van der Waals surface area (Å²) in [5.74, 6) is 0. The van der Waals surface area contributed by atoms with E-state index in [1.54, 1.807) is 0 Å². The van der Waals surface area contributed by atoms with Gasteiger partial charge in [0.05, 0.1) is 6.20 Å². The molecule has 0 amide bonds. The summed E-state index contributed by atoms with van der Waals surface area (Å²) in [6.07, 6.45) is 4.22. The average molecular weight is 161 g/mol. The number of aromatic nitrogens is 2. The third-order valence-electron chi connectivity index (χ3n) is 2.51. The molecule has 0 saturated heterocycles. The maximum absolute atomic E-state index is 2.20. The first kappa shape index (κ1) is 7.35. The lowest BCUT2D eigenvalue weighted by atomic mass is 10.3. The highest BCUT2D eigenvalue weighted by Gasteiger charge is 2.09. The Morgan fingerprint density at radius 1 is 1.33 bits per heavy atom. The Morgan fingerprint density at radius 3 is 2.83 bits per heavy atom. The summed E-state index contributed by atoms with van der Waals surface area (Å²) >= 11 is 0. The van der Waals surface area contributed by atoms with Gasteiger partial charge in [0, 0.05) is 20.0 Å². The first-order valence-electron chi connectivity index (χ1n) is 4.13. The summed E-state index contributed by atoms with van der Waals surface area (Å²) in [5.41, 5.74) is 3.86. The van der Waals surface area contributed by atoms with Gasteiger partial charge < -0.3 is 4.40 Å². The van der Waals surface area contributed by atoms with Gasteiger partial charge in [0.1, 0.15) is 12.6 Å². The maximum Gasteiger partial charge on any atom is 0.202 e. The minimum Gasteiger partial charge on any atom is -0.312 e. The highest BCUT2D eigenvalue weighted by atomic mass is 15.0. The van der Waals surface area contributed by atoms with Gasteiger partial charge >= 0.3 is 0 Å². The second kappa shape index (κ2) is 2.34. The molecule has 0 fully saturated rings. The van der Waals surface area contributed by atoms with Gasteiger partial charge in [0.25, 0.3) is 0 Å². The molecule has 0 bridgehead atoms. The van der Waals surface area contributed by atoms with E-state index in [1.165, 1.54) is 16.9 Å². The highest BCUT2D eigenvalue weighted by Crippen LogP contribution is 2.07. The fourth-order valence-electron chi connectivity index (χ4n) is 1.54. The van der Waals surface area contributed by atoms with Gasteiger partial charge in [-0.25, -0.2) is 0 Å². The fourth-order valence-corrected chi connectivity index (χ4v) is 1.54. The summed E-state index contributed by atoms with van der Waals surface area (Å²) < 4.78 is 4.36. The van der Waals surface area contributed by atoms with Crippen LogP contribution in [0.15, 0.2) is 24.5 Å². The number of hydrogen-bond acceptors (Lipinski definition) is 0. The monoisotopic (exact) mass is 161 g/mol. The molecule has 62 valence electrons. The van der Waals surface area contributed by atoms with Crippen LogP contribution in [0.3, 0.4) is 0 Å². The van der Waals surface area contributed by atoms with Crippen LogP contribution in [-0.4, -0.2) is 4.40 Å². The van der Waals surface area contributed by atoms with Crippen LogP contribution in [0, 0.1) is 13.8 Å². The minimum atomic E-state index is 1.27. The molecular weight excluding hydrogens is 148 g/mol. The summed E-state index contributed by atoms with van der Waals surface area (Å²) in [4.78, 5) is 0. The molecule has 0 aliphatic carbocycles. The van der Waals surface area contributed by atoms with Gasteiger partial charge in [-0.05, 0) is 12.1 Å². The SMILES string of the molecule is Cc1cn2cccc2c(C)[n+]1C. The van der Waals surface area contributed by atoms with E-state index in [2.05, 4.69) is 54.4 Å². The van der Waals surface area contributed by atoms with Gasteiger partial charge in [-0.3, -0.25) is 0 Å². The molecule has 0 saturated carbocycles. The van der Waals surface area contributed by atoms with E-state index in [0.29, 0.717) is 0 Å². The van der Waals surface area contributed by atoms with E-state index < -0.39 is 0 Å². The second-order valence-electron chi connectivity index (χ2n) is 3.22. The molecule has 2 heteroatoms. The zero-order valence-corrected chi connectivity index (χ0v) is 7.70. The minimum absolute atomic E-state index is 1.27. The van der Waals surface area contributed by atoms with Crippen molar-refractivity contribution < 1.29 is 4.57 Å². The van der Waals surface area contributed by atoms with Crippen molar-refractivity contribution in [2.45, 2.75) is 13.8 Å². The zero-order valence-electron chi connectivity index (χ0n) is 7.70. The van der Waals surface area contributed by atoms with Crippen molar-refractivity contribution in [3.8, 4) is 0 Å².